The van der Waals surface area contributed by atoms with Crippen molar-refractivity contribution in [3.63, 3.8) is 0 Å². The lowest BCUT2D eigenvalue weighted by Gasteiger charge is -2.42. The van der Waals surface area contributed by atoms with Crippen LogP contribution >= 0.6 is 0 Å². The molecule has 0 aliphatic heterocycles. The number of alkyl carbamates (subject to hydrolysis) is 1. The predicted octanol–water partition coefficient (Wildman–Crippen LogP) is 2.82. The van der Waals surface area contributed by atoms with E-state index in [0.717, 1.165) is 12.8 Å². The second-order valence-corrected chi connectivity index (χ2v) is 13.1. The van der Waals surface area contributed by atoms with Crippen molar-refractivity contribution in [2.24, 2.45) is 5.73 Å². The Bertz CT molecular complexity index is 402. The molecule has 23 heavy (non-hydrogen) atoms. The van der Waals surface area contributed by atoms with Crippen LogP contribution in [-0.4, -0.2) is 44.1 Å². The molecule has 0 radical (unpaired) electrons. The Labute approximate surface area is 141 Å². The maximum atomic E-state index is 12.7. The van der Waals surface area contributed by atoms with Gasteiger partial charge >= 0.3 is 12.1 Å². The van der Waals surface area contributed by atoms with E-state index in [9.17, 15) is 9.59 Å². The Morgan fingerprint density at radius 1 is 1.13 bits per heavy atom. The first kappa shape index (κ1) is 21.9. The van der Waals surface area contributed by atoms with E-state index in [1.165, 1.54) is 0 Å². The number of hydrogen-bond acceptors (Lipinski definition) is 5. The summed E-state index contributed by atoms with van der Waals surface area (Å²) in [6.07, 6.45) is 1.47. The summed E-state index contributed by atoms with van der Waals surface area (Å²) in [7, 11) is -2.15. The molecule has 0 fully saturated rings. The monoisotopic (exact) mass is 346 g/mol. The molecule has 0 aromatic heterocycles. The summed E-state index contributed by atoms with van der Waals surface area (Å²) in [5.41, 5.74) is 4.95. The Morgan fingerprint density at radius 2 is 1.70 bits per heavy atom. The van der Waals surface area contributed by atoms with Crippen molar-refractivity contribution in [1.82, 2.24) is 5.32 Å². The molecular formula is C16H34N2O4Si. The van der Waals surface area contributed by atoms with Gasteiger partial charge in [0.2, 0.25) is 0 Å². The van der Waals surface area contributed by atoms with E-state index in [1.807, 2.05) is 19.6 Å². The van der Waals surface area contributed by atoms with Crippen LogP contribution in [0.5, 0.6) is 0 Å². The van der Waals surface area contributed by atoms with Gasteiger partial charge in [-0.3, -0.25) is 0 Å². The number of amides is 1. The van der Waals surface area contributed by atoms with Gasteiger partial charge in [0.1, 0.15) is 10.8 Å². The summed E-state index contributed by atoms with van der Waals surface area (Å²) in [6, 6.07) is 0. The Hall–Kier alpha value is -1.08. The zero-order chi connectivity index (χ0) is 18.3. The minimum absolute atomic E-state index is 0.276. The third kappa shape index (κ3) is 6.91. The van der Waals surface area contributed by atoms with Gasteiger partial charge in [-0.15, -0.1) is 0 Å². The molecule has 0 unspecified atom stereocenters. The number of unbranched alkanes of at least 4 members (excludes halogenated alkanes) is 1. The van der Waals surface area contributed by atoms with Crippen molar-refractivity contribution in [1.29, 1.82) is 0 Å². The smallest absolute Gasteiger partial charge is 0.408 e. The van der Waals surface area contributed by atoms with E-state index in [4.69, 9.17) is 15.2 Å². The van der Waals surface area contributed by atoms with Gasteiger partial charge in [0.25, 0.3) is 0 Å². The van der Waals surface area contributed by atoms with Gasteiger partial charge in [0, 0.05) is 0 Å². The highest BCUT2D eigenvalue weighted by atomic mass is 28.3. The van der Waals surface area contributed by atoms with E-state index in [-0.39, 0.29) is 12.6 Å². The first-order valence-electron chi connectivity index (χ1n) is 8.28. The van der Waals surface area contributed by atoms with E-state index in [2.05, 4.69) is 5.32 Å². The van der Waals surface area contributed by atoms with Crippen molar-refractivity contribution >= 4 is 20.1 Å². The molecule has 3 N–H and O–H groups in total. The highest BCUT2D eigenvalue weighted by Crippen LogP contribution is 2.29. The van der Waals surface area contributed by atoms with Crippen LogP contribution in [0.15, 0.2) is 0 Å². The number of carbonyl (C=O) groups excluding carboxylic acids is 2. The van der Waals surface area contributed by atoms with Crippen LogP contribution in [0.1, 0.15) is 47.0 Å². The minimum Gasteiger partial charge on any atom is -0.464 e. The fourth-order valence-electron chi connectivity index (χ4n) is 2.35. The molecule has 1 amide bonds. The molecule has 0 aliphatic rings. The summed E-state index contributed by atoms with van der Waals surface area (Å²) < 4.78 is 10.7. The Morgan fingerprint density at radius 3 is 2.09 bits per heavy atom. The summed E-state index contributed by atoms with van der Waals surface area (Å²) in [6.45, 7) is 14.1. The molecule has 0 aromatic rings. The maximum absolute atomic E-state index is 12.7. The van der Waals surface area contributed by atoms with Gasteiger partial charge in [0.05, 0.1) is 14.7 Å². The topological polar surface area (TPSA) is 90.6 Å². The standard InChI is InChI=1S/C16H34N2O4Si/c1-8-21-13(19)16(23(5,6)7,11-9-10-12-17)18-14(20)22-15(2,3)4/h8-12,17H2,1-7H3,(H,18,20)/t16-/m1/s1. The van der Waals surface area contributed by atoms with Crippen LogP contribution in [0, 0.1) is 0 Å². The molecule has 6 nitrogen and oxygen atoms in total. The number of carbonyl (C=O) groups is 2. The van der Waals surface area contributed by atoms with Crippen molar-refractivity contribution in [3.8, 4) is 0 Å². The molecule has 0 rings (SSSR count). The fourth-order valence-corrected chi connectivity index (χ4v) is 4.44. The molecule has 136 valence electrons. The third-order valence-electron chi connectivity index (χ3n) is 3.62. The van der Waals surface area contributed by atoms with Crippen molar-refractivity contribution < 1.29 is 19.1 Å². The van der Waals surface area contributed by atoms with Gasteiger partial charge in [-0.25, -0.2) is 9.59 Å². The highest BCUT2D eigenvalue weighted by Gasteiger charge is 2.52. The third-order valence-corrected chi connectivity index (χ3v) is 6.76. The van der Waals surface area contributed by atoms with Crippen LogP contribution in [0.4, 0.5) is 4.79 Å². The highest BCUT2D eigenvalue weighted by molar-refractivity contribution is 6.82. The van der Waals surface area contributed by atoms with E-state index >= 15 is 0 Å². The number of nitrogens with one attached hydrogen (secondary N) is 1. The lowest BCUT2D eigenvalue weighted by molar-refractivity contribution is -0.148. The number of hydrogen-bond donors (Lipinski definition) is 2. The SMILES string of the molecule is CCOC(=O)[C@](CCCCN)(NC(=O)OC(C)(C)C)[Si](C)(C)C. The minimum atomic E-state index is -2.15. The van der Waals surface area contributed by atoms with Crippen LogP contribution in [0.3, 0.4) is 0 Å². The van der Waals surface area contributed by atoms with Crippen molar-refractivity contribution in [2.75, 3.05) is 13.2 Å². The van der Waals surface area contributed by atoms with Crippen LogP contribution in [0.25, 0.3) is 0 Å². The first-order chi connectivity index (χ1) is 10.4. The molecule has 0 saturated carbocycles. The molecule has 0 spiro atoms. The first-order valence-corrected chi connectivity index (χ1v) is 11.8. The van der Waals surface area contributed by atoms with Gasteiger partial charge in [-0.2, -0.15) is 0 Å². The zero-order valence-electron chi connectivity index (χ0n) is 15.7. The number of esters is 1. The Balaban J connectivity index is 5.53. The van der Waals surface area contributed by atoms with Gasteiger partial charge in [-0.1, -0.05) is 19.6 Å². The van der Waals surface area contributed by atoms with Gasteiger partial charge in [0.15, 0.2) is 0 Å². The van der Waals surface area contributed by atoms with Crippen LogP contribution in [0.2, 0.25) is 19.6 Å². The lowest BCUT2D eigenvalue weighted by atomic mass is 10.1. The van der Waals surface area contributed by atoms with E-state index in [0.29, 0.717) is 13.0 Å². The van der Waals surface area contributed by atoms with Crippen molar-refractivity contribution in [3.05, 3.63) is 0 Å². The fraction of sp³-hybridized carbons (Fsp3) is 0.875. The summed E-state index contributed by atoms with van der Waals surface area (Å²) in [4.78, 5) is 25.0. The van der Waals surface area contributed by atoms with E-state index in [1.54, 1.807) is 27.7 Å². The Kier molecular flexibility index (Phi) is 8.27. The number of rotatable bonds is 8. The normalized spacial score (nSPS) is 14.8. The number of ether oxygens (including phenoxy) is 2. The largest absolute Gasteiger partial charge is 0.464 e. The molecule has 0 aliphatic carbocycles. The molecule has 0 aromatic carbocycles. The molecule has 0 heterocycles. The maximum Gasteiger partial charge on any atom is 0.408 e. The summed E-state index contributed by atoms with van der Waals surface area (Å²) in [5.74, 6) is -0.373. The average Bonchev–Trinajstić information content (AvgIpc) is 2.34. The van der Waals surface area contributed by atoms with Gasteiger partial charge in [-0.05, 0) is 53.5 Å². The molecule has 1 atom stereocenters. The summed E-state index contributed by atoms with van der Waals surface area (Å²) >= 11 is 0. The van der Waals surface area contributed by atoms with Crippen LogP contribution < -0.4 is 11.1 Å². The van der Waals surface area contributed by atoms with Crippen LogP contribution in [-0.2, 0) is 14.3 Å². The second-order valence-electron chi connectivity index (χ2n) is 7.75. The molecular weight excluding hydrogens is 312 g/mol. The predicted molar refractivity (Wildman–Crippen MR) is 95.0 cm³/mol. The summed E-state index contributed by atoms with van der Waals surface area (Å²) in [5, 5.41) is 1.84. The van der Waals surface area contributed by atoms with Gasteiger partial charge < -0.3 is 20.5 Å². The molecule has 0 bridgehead atoms. The lowest BCUT2D eigenvalue weighted by Crippen LogP contribution is -2.69. The molecule has 0 saturated heterocycles. The number of nitrogens with two attached hydrogens (primary N) is 1. The quantitative estimate of drug-likeness (QED) is 0.401. The second kappa shape index (κ2) is 8.68. The zero-order valence-corrected chi connectivity index (χ0v) is 16.7. The molecule has 7 heteroatoms. The van der Waals surface area contributed by atoms with E-state index < -0.39 is 24.9 Å². The average molecular weight is 347 g/mol. The van der Waals surface area contributed by atoms with Crippen molar-refractivity contribution in [2.45, 2.75) is 77.4 Å².